The van der Waals surface area contributed by atoms with E-state index in [0.717, 1.165) is 30.5 Å². The minimum Gasteiger partial charge on any atom is -0.356 e. The SMILES string of the molecule is CN=C(NCCCCN1CCCC1)NCCc1ccccc1Cl.I. The van der Waals surface area contributed by atoms with Gasteiger partial charge in [0, 0.05) is 25.2 Å². The fourth-order valence-corrected chi connectivity index (χ4v) is 3.14. The monoisotopic (exact) mass is 464 g/mol. The summed E-state index contributed by atoms with van der Waals surface area (Å²) >= 11 is 6.17. The summed E-state index contributed by atoms with van der Waals surface area (Å²) in [6.07, 6.45) is 6.08. The van der Waals surface area contributed by atoms with E-state index in [-0.39, 0.29) is 24.0 Å². The van der Waals surface area contributed by atoms with E-state index in [1.807, 2.05) is 25.2 Å². The molecule has 2 N–H and O–H groups in total. The Kier molecular flexibility index (Phi) is 11.5. The van der Waals surface area contributed by atoms with Gasteiger partial charge in [0.05, 0.1) is 0 Å². The predicted molar refractivity (Wildman–Crippen MR) is 115 cm³/mol. The minimum absolute atomic E-state index is 0. The summed E-state index contributed by atoms with van der Waals surface area (Å²) in [7, 11) is 1.81. The number of hydrogen-bond acceptors (Lipinski definition) is 2. The summed E-state index contributed by atoms with van der Waals surface area (Å²) in [5.74, 6) is 0.873. The van der Waals surface area contributed by atoms with Gasteiger partial charge in [-0.15, -0.1) is 24.0 Å². The molecule has 0 radical (unpaired) electrons. The Morgan fingerprint density at radius 1 is 1.12 bits per heavy atom. The fraction of sp³-hybridized carbons (Fsp3) is 0.611. The number of aliphatic imine (C=N–C) groups is 1. The van der Waals surface area contributed by atoms with Crippen LogP contribution in [0.5, 0.6) is 0 Å². The van der Waals surface area contributed by atoms with Crippen LogP contribution in [0.4, 0.5) is 0 Å². The highest BCUT2D eigenvalue weighted by molar-refractivity contribution is 14.0. The number of guanidine groups is 1. The van der Waals surface area contributed by atoms with Gasteiger partial charge in [-0.05, 0) is 63.4 Å². The number of nitrogens with zero attached hydrogens (tertiary/aromatic N) is 2. The minimum atomic E-state index is 0. The second kappa shape index (κ2) is 12.8. The van der Waals surface area contributed by atoms with Crippen molar-refractivity contribution in [2.75, 3.05) is 39.8 Å². The molecule has 1 fully saturated rings. The summed E-state index contributed by atoms with van der Waals surface area (Å²) in [6, 6.07) is 7.99. The van der Waals surface area contributed by atoms with Gasteiger partial charge in [-0.3, -0.25) is 4.99 Å². The second-order valence-electron chi connectivity index (χ2n) is 6.02. The van der Waals surface area contributed by atoms with Crippen molar-refractivity contribution >= 4 is 41.5 Å². The van der Waals surface area contributed by atoms with Crippen LogP contribution in [-0.4, -0.2) is 50.6 Å². The number of nitrogens with one attached hydrogen (secondary N) is 2. The molecule has 1 aromatic rings. The highest BCUT2D eigenvalue weighted by Gasteiger charge is 2.10. The number of likely N-dealkylation sites (tertiary alicyclic amines) is 1. The van der Waals surface area contributed by atoms with E-state index in [1.54, 1.807) is 0 Å². The summed E-state index contributed by atoms with van der Waals surface area (Å²) in [6.45, 7) is 5.62. The Balaban J connectivity index is 0.00000288. The lowest BCUT2D eigenvalue weighted by molar-refractivity contribution is 0.330. The molecule has 0 saturated carbocycles. The highest BCUT2D eigenvalue weighted by atomic mass is 127. The molecule has 1 saturated heterocycles. The molecule has 0 bridgehead atoms. The maximum absolute atomic E-state index is 6.17. The van der Waals surface area contributed by atoms with Gasteiger partial charge in [-0.2, -0.15) is 0 Å². The molecule has 1 aliphatic rings. The van der Waals surface area contributed by atoms with Crippen molar-refractivity contribution in [1.82, 2.24) is 15.5 Å². The van der Waals surface area contributed by atoms with Crippen LogP contribution < -0.4 is 10.6 Å². The third-order valence-electron chi connectivity index (χ3n) is 4.26. The van der Waals surface area contributed by atoms with Crippen LogP contribution in [0, 0.1) is 0 Å². The lowest BCUT2D eigenvalue weighted by Gasteiger charge is -2.15. The maximum Gasteiger partial charge on any atom is 0.190 e. The fourth-order valence-electron chi connectivity index (χ4n) is 2.91. The number of rotatable bonds is 8. The number of unbranched alkanes of at least 4 members (excludes halogenated alkanes) is 1. The molecule has 1 aromatic carbocycles. The zero-order chi connectivity index (χ0) is 16.3. The molecule has 2 rings (SSSR count). The zero-order valence-corrected chi connectivity index (χ0v) is 17.6. The van der Waals surface area contributed by atoms with Crippen LogP contribution in [0.3, 0.4) is 0 Å². The average Bonchev–Trinajstić information content (AvgIpc) is 3.08. The van der Waals surface area contributed by atoms with Crippen LogP contribution >= 0.6 is 35.6 Å². The highest BCUT2D eigenvalue weighted by Crippen LogP contribution is 2.14. The summed E-state index contributed by atoms with van der Waals surface area (Å²) in [5.41, 5.74) is 1.17. The molecule has 136 valence electrons. The van der Waals surface area contributed by atoms with E-state index in [2.05, 4.69) is 26.6 Å². The Hall–Kier alpha value is -0.530. The van der Waals surface area contributed by atoms with Gasteiger partial charge in [-0.25, -0.2) is 0 Å². The number of halogens is 2. The molecule has 4 nitrogen and oxygen atoms in total. The summed E-state index contributed by atoms with van der Waals surface area (Å²) in [4.78, 5) is 6.83. The van der Waals surface area contributed by atoms with Crippen molar-refractivity contribution in [2.45, 2.75) is 32.1 Å². The lowest BCUT2D eigenvalue weighted by atomic mass is 10.1. The molecule has 0 aliphatic carbocycles. The Bertz CT molecular complexity index is 490. The molecule has 1 aliphatic heterocycles. The first-order chi connectivity index (χ1) is 11.3. The molecule has 0 unspecified atom stereocenters. The van der Waals surface area contributed by atoms with Gasteiger partial charge in [0.25, 0.3) is 0 Å². The molecule has 6 heteroatoms. The smallest absolute Gasteiger partial charge is 0.190 e. The van der Waals surface area contributed by atoms with Crippen molar-refractivity contribution < 1.29 is 0 Å². The van der Waals surface area contributed by atoms with Gasteiger partial charge in [0.2, 0.25) is 0 Å². The van der Waals surface area contributed by atoms with Gasteiger partial charge in [-0.1, -0.05) is 29.8 Å². The normalized spacial score (nSPS) is 15.2. The van der Waals surface area contributed by atoms with Gasteiger partial charge < -0.3 is 15.5 Å². The first kappa shape index (κ1) is 21.5. The first-order valence-electron chi connectivity index (χ1n) is 8.70. The number of benzene rings is 1. The van der Waals surface area contributed by atoms with E-state index >= 15 is 0 Å². The lowest BCUT2D eigenvalue weighted by Crippen LogP contribution is -2.38. The van der Waals surface area contributed by atoms with Crippen LogP contribution in [0.1, 0.15) is 31.2 Å². The Morgan fingerprint density at radius 2 is 1.83 bits per heavy atom. The van der Waals surface area contributed by atoms with Crippen molar-refractivity contribution in [3.05, 3.63) is 34.9 Å². The van der Waals surface area contributed by atoms with Crippen molar-refractivity contribution in [1.29, 1.82) is 0 Å². The van der Waals surface area contributed by atoms with Crippen LogP contribution in [-0.2, 0) is 6.42 Å². The Labute approximate surface area is 168 Å². The summed E-state index contributed by atoms with van der Waals surface area (Å²) < 4.78 is 0. The van der Waals surface area contributed by atoms with Crippen molar-refractivity contribution in [3.8, 4) is 0 Å². The van der Waals surface area contributed by atoms with Gasteiger partial charge in [0.1, 0.15) is 0 Å². The quantitative estimate of drug-likeness (QED) is 0.268. The Morgan fingerprint density at radius 3 is 2.54 bits per heavy atom. The van der Waals surface area contributed by atoms with Gasteiger partial charge in [0.15, 0.2) is 5.96 Å². The van der Waals surface area contributed by atoms with E-state index in [4.69, 9.17) is 11.6 Å². The van der Waals surface area contributed by atoms with Gasteiger partial charge >= 0.3 is 0 Å². The molecule has 0 amide bonds. The standard InChI is InChI=1S/C18H29ClN4.HI/c1-20-18(21-11-4-5-13-23-14-6-7-15-23)22-12-10-16-8-2-3-9-17(16)19;/h2-3,8-9H,4-7,10-15H2,1H3,(H2,20,21,22);1H. The molecule has 0 atom stereocenters. The predicted octanol–water partition coefficient (Wildman–Crippen LogP) is 3.54. The maximum atomic E-state index is 6.17. The number of hydrogen-bond donors (Lipinski definition) is 2. The molecular formula is C18H30ClIN4. The second-order valence-corrected chi connectivity index (χ2v) is 6.43. The first-order valence-corrected chi connectivity index (χ1v) is 9.07. The molecule has 0 aromatic heterocycles. The van der Waals surface area contributed by atoms with Crippen molar-refractivity contribution in [3.63, 3.8) is 0 Å². The van der Waals surface area contributed by atoms with E-state index < -0.39 is 0 Å². The topological polar surface area (TPSA) is 39.7 Å². The van der Waals surface area contributed by atoms with E-state index in [0.29, 0.717) is 0 Å². The molecule has 24 heavy (non-hydrogen) atoms. The molecular weight excluding hydrogens is 435 g/mol. The summed E-state index contributed by atoms with van der Waals surface area (Å²) in [5, 5.41) is 7.56. The molecule has 1 heterocycles. The third kappa shape index (κ3) is 8.03. The van der Waals surface area contributed by atoms with E-state index in [9.17, 15) is 0 Å². The zero-order valence-electron chi connectivity index (χ0n) is 14.6. The third-order valence-corrected chi connectivity index (χ3v) is 4.63. The average molecular weight is 465 g/mol. The van der Waals surface area contributed by atoms with Crippen LogP contribution in [0.15, 0.2) is 29.3 Å². The molecule has 0 spiro atoms. The van der Waals surface area contributed by atoms with Crippen LogP contribution in [0.25, 0.3) is 0 Å². The van der Waals surface area contributed by atoms with Crippen LogP contribution in [0.2, 0.25) is 5.02 Å². The largest absolute Gasteiger partial charge is 0.356 e. The van der Waals surface area contributed by atoms with E-state index in [1.165, 1.54) is 50.9 Å². The van der Waals surface area contributed by atoms with Crippen molar-refractivity contribution in [2.24, 2.45) is 4.99 Å².